The summed E-state index contributed by atoms with van der Waals surface area (Å²) in [4.78, 5) is 140. The van der Waals surface area contributed by atoms with E-state index in [1.807, 2.05) is 0 Å². The van der Waals surface area contributed by atoms with Crippen molar-refractivity contribution < 1.29 is 100 Å². The predicted molar refractivity (Wildman–Crippen MR) is 198 cm³/mol. The molecule has 34 heteroatoms. The van der Waals surface area contributed by atoms with Crippen LogP contribution in [-0.4, -0.2) is 214 Å². The van der Waals surface area contributed by atoms with Crippen molar-refractivity contribution in [2.24, 2.45) is 0 Å². The highest BCUT2D eigenvalue weighted by atomic mass is 31.2. The summed E-state index contributed by atoms with van der Waals surface area (Å²) >= 11 is 0. The molecule has 0 rings (SSSR count). The Bertz CT molecular complexity index is 1510. The van der Waals surface area contributed by atoms with Crippen molar-refractivity contribution in [1.29, 1.82) is 0 Å². The smallest absolute Gasteiger partial charge is 0.324 e. The summed E-state index contributed by atoms with van der Waals surface area (Å²) in [6, 6.07) is 0. The first kappa shape index (κ1) is 55.5. The fourth-order valence-electron chi connectivity index (χ4n) is 5.02. The van der Waals surface area contributed by atoms with E-state index in [2.05, 4.69) is 6.58 Å². The Morgan fingerprint density at radius 2 is 0.473 bits per heavy atom. The van der Waals surface area contributed by atoms with Crippen molar-refractivity contribution in [1.82, 2.24) is 29.4 Å². The average molecular weight is 945 g/mol. The van der Waals surface area contributed by atoms with Crippen molar-refractivity contribution in [2.45, 2.75) is 6.92 Å². The molecule has 0 aliphatic carbocycles. The van der Waals surface area contributed by atoms with E-state index in [9.17, 15) is 100 Å². The first-order chi connectivity index (χ1) is 24.4. The third-order valence-electron chi connectivity index (χ3n) is 6.85. The van der Waals surface area contributed by atoms with Gasteiger partial charge in [0, 0.05) is 72.0 Å². The molecule has 0 amide bonds. The minimum atomic E-state index is -4.86. The Balaban J connectivity index is 6.12. The molecule has 0 aromatic rings. The minimum absolute atomic E-state index is 0.0270. The molecule has 0 aliphatic rings. The Hall–Kier alpha value is 0.550. The highest BCUT2D eigenvalue weighted by Gasteiger charge is 2.29. The van der Waals surface area contributed by atoms with Gasteiger partial charge in [-0.1, -0.05) is 12.2 Å². The maximum atomic E-state index is 12.0. The Morgan fingerprint density at radius 3 is 0.655 bits per heavy atom. The predicted octanol–water partition coefficient (Wildman–Crippen LogP) is -2.68. The maximum absolute atomic E-state index is 12.0. The van der Waals surface area contributed by atoms with Crippen molar-refractivity contribution >= 4 is 53.2 Å². The normalized spacial score (nSPS) is 14.4. The number of rotatable bonds is 31. The van der Waals surface area contributed by atoms with Gasteiger partial charge in [0.1, 0.15) is 44.0 Å². The van der Waals surface area contributed by atoms with E-state index < -0.39 is 117 Å². The fraction of sp³-hybridized carbons (Fsp3) is 0.905. The molecule has 0 unspecified atom stereocenters. The van der Waals surface area contributed by atoms with Crippen molar-refractivity contribution in [3.8, 4) is 0 Å². The van der Waals surface area contributed by atoms with Gasteiger partial charge in [0.15, 0.2) is 0 Å². The van der Waals surface area contributed by atoms with Crippen LogP contribution >= 0.6 is 53.2 Å². The third kappa shape index (κ3) is 36.2. The molecule has 0 radical (unpaired) electrons. The second kappa shape index (κ2) is 23.5. The zero-order chi connectivity index (χ0) is 43.3. The van der Waals surface area contributed by atoms with Crippen LogP contribution in [0.3, 0.4) is 0 Å². The number of hydrogen-bond donors (Lipinski definition) is 14. The molecule has 0 aromatic carbocycles. The lowest BCUT2D eigenvalue weighted by atomic mass is 10.3. The SMILES string of the molecule is C=C(C)CN(CCN(CCN(CCN(CCN(CCN(CP(=O)(O)O)CP(=O)(O)O)CP(=O)(O)O)CP(=O)(O)O)CP(=O)(O)O)CP(=O)(O)O)CP(=O)(O)O. The zero-order valence-corrected chi connectivity index (χ0v) is 36.1. The van der Waals surface area contributed by atoms with Gasteiger partial charge in [0.25, 0.3) is 0 Å². The van der Waals surface area contributed by atoms with Crippen LogP contribution in [0.25, 0.3) is 0 Å². The van der Waals surface area contributed by atoms with E-state index in [0.717, 1.165) is 14.7 Å². The molecule has 0 aliphatic heterocycles. The zero-order valence-electron chi connectivity index (χ0n) is 29.9. The standard InChI is InChI=1S/C21H55N6O21P7/c1-21(2)13-26(18-53(40,41)42)11-9-24(16-51(34,35)36)7-5-22(14-49(28,29)30)3-4-23(15-50(31,32)33)6-8-25(17-52(37,38)39)10-12-27(19-54(43,44)45)20-55(46,47)48/h1,3-20H2,2H3,(H2,28,29,30)(H2,31,32,33)(H2,34,35,36)(H2,37,38,39)(H2,40,41,42)(H2,43,44,45)(H2,46,47,48). The van der Waals surface area contributed by atoms with Crippen LogP contribution in [0, 0.1) is 0 Å². The van der Waals surface area contributed by atoms with E-state index in [-0.39, 0.29) is 52.4 Å². The van der Waals surface area contributed by atoms with Crippen LogP contribution in [0.15, 0.2) is 12.2 Å². The van der Waals surface area contributed by atoms with Crippen LogP contribution in [0.2, 0.25) is 0 Å². The van der Waals surface area contributed by atoms with Gasteiger partial charge in [0.2, 0.25) is 0 Å². The highest BCUT2D eigenvalue weighted by Crippen LogP contribution is 2.42. The molecule has 0 atom stereocenters. The van der Waals surface area contributed by atoms with E-state index in [1.54, 1.807) is 6.92 Å². The lowest BCUT2D eigenvalue weighted by Gasteiger charge is -2.32. The fourth-order valence-corrected chi connectivity index (χ4v) is 10.7. The quantitative estimate of drug-likeness (QED) is 0.0249. The third-order valence-corrected chi connectivity index (χ3v) is 12.2. The summed E-state index contributed by atoms with van der Waals surface area (Å²) in [5.74, 6) is 0. The van der Waals surface area contributed by atoms with E-state index >= 15 is 0 Å². The molecule has 0 saturated carbocycles. The van der Waals surface area contributed by atoms with Crippen molar-refractivity contribution in [3.63, 3.8) is 0 Å². The van der Waals surface area contributed by atoms with Crippen LogP contribution in [-0.2, 0) is 32.0 Å². The second-order valence-corrected chi connectivity index (χ2v) is 24.3. The topological polar surface area (TPSA) is 422 Å². The van der Waals surface area contributed by atoms with Crippen LogP contribution < -0.4 is 0 Å². The molecule has 55 heavy (non-hydrogen) atoms. The molecule has 0 bridgehead atoms. The first-order valence-corrected chi connectivity index (χ1v) is 28.3. The molecular formula is C21H55N6O21P7. The van der Waals surface area contributed by atoms with E-state index in [1.165, 1.54) is 9.80 Å². The van der Waals surface area contributed by atoms with E-state index in [4.69, 9.17) is 0 Å². The van der Waals surface area contributed by atoms with Gasteiger partial charge in [-0.15, -0.1) is 0 Å². The van der Waals surface area contributed by atoms with Crippen LogP contribution in [0.5, 0.6) is 0 Å². The monoisotopic (exact) mass is 944 g/mol. The van der Waals surface area contributed by atoms with Crippen LogP contribution in [0.4, 0.5) is 0 Å². The Morgan fingerprint density at radius 1 is 0.327 bits per heavy atom. The molecule has 0 fully saturated rings. The number of nitrogens with zero attached hydrogens (tertiary/aromatic N) is 6. The van der Waals surface area contributed by atoms with Crippen molar-refractivity contribution in [2.75, 3.05) is 116 Å². The average Bonchev–Trinajstić information content (AvgIpc) is 2.88. The second-order valence-electron chi connectivity index (χ2n) is 13.0. The lowest BCUT2D eigenvalue weighted by Crippen LogP contribution is -2.44. The Labute approximate surface area is 317 Å². The molecule has 0 heterocycles. The summed E-state index contributed by atoms with van der Waals surface area (Å²) in [6.45, 7) is 1.98. The van der Waals surface area contributed by atoms with Gasteiger partial charge in [-0.3, -0.25) is 61.4 Å². The number of hydrogen-bond acceptors (Lipinski definition) is 13. The van der Waals surface area contributed by atoms with Crippen molar-refractivity contribution in [3.05, 3.63) is 12.2 Å². The molecular weight excluding hydrogens is 889 g/mol. The van der Waals surface area contributed by atoms with Gasteiger partial charge < -0.3 is 68.5 Å². The summed E-state index contributed by atoms with van der Waals surface area (Å²) in [5.41, 5.74) is 0.522. The maximum Gasteiger partial charge on any atom is 0.339 e. The van der Waals surface area contributed by atoms with E-state index in [0.29, 0.717) is 10.5 Å². The molecule has 0 aromatic heterocycles. The minimum Gasteiger partial charge on any atom is -0.324 e. The van der Waals surface area contributed by atoms with Gasteiger partial charge in [-0.2, -0.15) is 0 Å². The summed E-state index contributed by atoms with van der Waals surface area (Å²) in [6.07, 6.45) is -6.68. The van der Waals surface area contributed by atoms with Gasteiger partial charge >= 0.3 is 53.2 Å². The van der Waals surface area contributed by atoms with Gasteiger partial charge in [0.05, 0.1) is 0 Å². The summed E-state index contributed by atoms with van der Waals surface area (Å²) in [7, 11) is -33.6. The first-order valence-electron chi connectivity index (χ1n) is 15.7. The largest absolute Gasteiger partial charge is 0.339 e. The molecule has 14 N–H and O–H groups in total. The molecule has 0 saturated heterocycles. The molecule has 27 nitrogen and oxygen atoms in total. The Kier molecular flexibility index (Phi) is 23.8. The van der Waals surface area contributed by atoms with Gasteiger partial charge in [-0.05, 0) is 6.92 Å². The summed E-state index contributed by atoms with van der Waals surface area (Å²) < 4.78 is 82.3. The van der Waals surface area contributed by atoms with Gasteiger partial charge in [-0.25, -0.2) is 0 Å². The summed E-state index contributed by atoms with van der Waals surface area (Å²) in [5, 5.41) is 0. The lowest BCUT2D eigenvalue weighted by molar-refractivity contribution is 0.166. The molecule has 330 valence electrons. The molecule has 0 spiro atoms. The highest BCUT2D eigenvalue weighted by molar-refractivity contribution is 7.53. The van der Waals surface area contributed by atoms with Crippen LogP contribution in [0.1, 0.15) is 6.92 Å².